The molecule has 1 amide bonds. The maximum Gasteiger partial charge on any atom is 0.274 e. The van der Waals surface area contributed by atoms with E-state index in [1.165, 1.54) is 12.4 Å². The molecule has 1 atom stereocenters. The van der Waals surface area contributed by atoms with Crippen molar-refractivity contribution in [1.82, 2.24) is 24.6 Å². The lowest BCUT2D eigenvalue weighted by Gasteiger charge is -2.32. The zero-order valence-corrected chi connectivity index (χ0v) is 14.6. The van der Waals surface area contributed by atoms with Gasteiger partial charge in [0.05, 0.1) is 19.0 Å². The van der Waals surface area contributed by atoms with Gasteiger partial charge in [0.15, 0.2) is 5.69 Å². The SMILES string of the molecule is CCn1nc(C(=O)N2CCO[C@H](CCc3cc(=O)[nH]cn3)C2)cc1C. The van der Waals surface area contributed by atoms with E-state index in [1.807, 2.05) is 24.6 Å². The van der Waals surface area contributed by atoms with Crippen LogP contribution in [0.2, 0.25) is 0 Å². The van der Waals surface area contributed by atoms with E-state index in [0.29, 0.717) is 38.2 Å². The summed E-state index contributed by atoms with van der Waals surface area (Å²) in [6, 6.07) is 3.32. The van der Waals surface area contributed by atoms with Crippen LogP contribution in [0.4, 0.5) is 0 Å². The fourth-order valence-electron chi connectivity index (χ4n) is 3.03. The predicted octanol–water partition coefficient (Wildman–Crippen LogP) is 0.769. The van der Waals surface area contributed by atoms with Gasteiger partial charge >= 0.3 is 0 Å². The molecule has 1 aliphatic heterocycles. The molecule has 134 valence electrons. The van der Waals surface area contributed by atoms with Gasteiger partial charge in [0.2, 0.25) is 0 Å². The van der Waals surface area contributed by atoms with Crippen molar-refractivity contribution in [3.8, 4) is 0 Å². The standard InChI is InChI=1S/C17H23N5O3/c1-3-22-12(2)8-15(20-22)17(24)21-6-7-25-14(10-21)5-4-13-9-16(23)19-11-18-13/h8-9,11,14H,3-7,10H2,1-2H3,(H,18,19,23)/t14-/m1/s1. The molecule has 2 aromatic heterocycles. The van der Waals surface area contributed by atoms with Crippen molar-refractivity contribution in [2.45, 2.75) is 39.3 Å². The maximum atomic E-state index is 12.7. The number of hydrogen-bond acceptors (Lipinski definition) is 5. The summed E-state index contributed by atoms with van der Waals surface area (Å²) in [5, 5.41) is 4.37. The third-order valence-corrected chi connectivity index (χ3v) is 4.38. The molecule has 1 saturated heterocycles. The summed E-state index contributed by atoms with van der Waals surface area (Å²) < 4.78 is 7.59. The average molecular weight is 345 g/mol. The van der Waals surface area contributed by atoms with Crippen LogP contribution < -0.4 is 5.56 Å². The molecule has 0 aromatic carbocycles. The van der Waals surface area contributed by atoms with Crippen LogP contribution in [0.1, 0.15) is 35.2 Å². The lowest BCUT2D eigenvalue weighted by Crippen LogP contribution is -2.46. The van der Waals surface area contributed by atoms with Gasteiger partial charge in [-0.05, 0) is 32.8 Å². The number of nitrogens with one attached hydrogen (secondary N) is 1. The fraction of sp³-hybridized carbons (Fsp3) is 0.529. The molecule has 0 aliphatic carbocycles. The predicted molar refractivity (Wildman–Crippen MR) is 91.5 cm³/mol. The molecule has 8 nitrogen and oxygen atoms in total. The van der Waals surface area contributed by atoms with E-state index in [2.05, 4.69) is 15.1 Å². The Morgan fingerprint density at radius 2 is 2.28 bits per heavy atom. The smallest absolute Gasteiger partial charge is 0.274 e. The van der Waals surface area contributed by atoms with E-state index in [4.69, 9.17) is 4.74 Å². The highest BCUT2D eigenvalue weighted by atomic mass is 16.5. The lowest BCUT2D eigenvalue weighted by molar-refractivity contribution is -0.0249. The van der Waals surface area contributed by atoms with Crippen LogP contribution >= 0.6 is 0 Å². The topological polar surface area (TPSA) is 93.1 Å². The Bertz CT molecular complexity index is 798. The van der Waals surface area contributed by atoms with Crippen LogP contribution in [0, 0.1) is 6.92 Å². The van der Waals surface area contributed by atoms with Gasteiger partial charge in [0.1, 0.15) is 0 Å². The number of morpholine rings is 1. The molecule has 25 heavy (non-hydrogen) atoms. The first-order valence-electron chi connectivity index (χ1n) is 8.55. The summed E-state index contributed by atoms with van der Waals surface area (Å²) in [4.78, 5) is 32.4. The zero-order valence-electron chi connectivity index (χ0n) is 14.6. The first-order chi connectivity index (χ1) is 12.1. The average Bonchev–Trinajstić information content (AvgIpc) is 3.00. The number of amides is 1. The summed E-state index contributed by atoms with van der Waals surface area (Å²) >= 11 is 0. The normalized spacial score (nSPS) is 17.7. The third kappa shape index (κ3) is 4.14. The molecule has 1 N–H and O–H groups in total. The highest BCUT2D eigenvalue weighted by molar-refractivity contribution is 5.92. The number of nitrogens with zero attached hydrogens (tertiary/aromatic N) is 4. The number of carbonyl (C=O) groups excluding carboxylic acids is 1. The van der Waals surface area contributed by atoms with Gasteiger partial charge in [-0.2, -0.15) is 5.10 Å². The molecule has 2 aromatic rings. The molecule has 1 fully saturated rings. The van der Waals surface area contributed by atoms with Crippen LogP contribution in [0.15, 0.2) is 23.3 Å². The minimum Gasteiger partial charge on any atom is -0.375 e. The van der Waals surface area contributed by atoms with E-state index >= 15 is 0 Å². The fourth-order valence-corrected chi connectivity index (χ4v) is 3.03. The molecular weight excluding hydrogens is 322 g/mol. The van der Waals surface area contributed by atoms with Crippen molar-refractivity contribution in [2.24, 2.45) is 0 Å². The van der Waals surface area contributed by atoms with Crippen molar-refractivity contribution in [2.75, 3.05) is 19.7 Å². The van der Waals surface area contributed by atoms with Gasteiger partial charge < -0.3 is 14.6 Å². The van der Waals surface area contributed by atoms with Gasteiger partial charge in [0.25, 0.3) is 11.5 Å². The summed E-state index contributed by atoms with van der Waals surface area (Å²) in [6.45, 7) is 6.29. The first-order valence-corrected chi connectivity index (χ1v) is 8.55. The highest BCUT2D eigenvalue weighted by Gasteiger charge is 2.26. The van der Waals surface area contributed by atoms with E-state index in [-0.39, 0.29) is 17.6 Å². The Balaban J connectivity index is 1.60. The maximum absolute atomic E-state index is 12.7. The number of aromatic nitrogens is 4. The van der Waals surface area contributed by atoms with Crippen molar-refractivity contribution >= 4 is 5.91 Å². The number of aryl methyl sites for hydroxylation is 3. The molecule has 1 aliphatic rings. The molecule has 3 rings (SSSR count). The van der Waals surface area contributed by atoms with Gasteiger partial charge in [-0.1, -0.05) is 0 Å². The van der Waals surface area contributed by atoms with E-state index < -0.39 is 0 Å². The second kappa shape index (κ2) is 7.60. The number of H-pyrrole nitrogens is 1. The van der Waals surface area contributed by atoms with E-state index in [0.717, 1.165) is 17.9 Å². The Morgan fingerprint density at radius 3 is 3.00 bits per heavy atom. The summed E-state index contributed by atoms with van der Waals surface area (Å²) in [5.74, 6) is -0.0575. The number of ether oxygens (including phenoxy) is 1. The monoisotopic (exact) mass is 345 g/mol. The molecule has 0 saturated carbocycles. The Kier molecular flexibility index (Phi) is 5.28. The highest BCUT2D eigenvalue weighted by Crippen LogP contribution is 2.14. The number of aromatic amines is 1. The zero-order chi connectivity index (χ0) is 17.8. The van der Waals surface area contributed by atoms with Gasteiger partial charge in [0, 0.05) is 37.1 Å². The summed E-state index contributed by atoms with van der Waals surface area (Å²) in [5.41, 5.74) is 2.04. The van der Waals surface area contributed by atoms with Crippen LogP contribution in [0.3, 0.4) is 0 Å². The molecule has 3 heterocycles. The molecular formula is C17H23N5O3. The second-order valence-electron chi connectivity index (χ2n) is 6.17. The van der Waals surface area contributed by atoms with Crippen LogP contribution in [0.25, 0.3) is 0 Å². The summed E-state index contributed by atoms with van der Waals surface area (Å²) in [6.07, 6.45) is 2.69. The summed E-state index contributed by atoms with van der Waals surface area (Å²) in [7, 11) is 0. The lowest BCUT2D eigenvalue weighted by atomic mass is 10.1. The van der Waals surface area contributed by atoms with Crippen LogP contribution in [0.5, 0.6) is 0 Å². The van der Waals surface area contributed by atoms with Gasteiger partial charge in [-0.15, -0.1) is 0 Å². The van der Waals surface area contributed by atoms with Gasteiger partial charge in [-0.3, -0.25) is 14.3 Å². The van der Waals surface area contributed by atoms with E-state index in [9.17, 15) is 9.59 Å². The van der Waals surface area contributed by atoms with Crippen molar-refractivity contribution in [1.29, 1.82) is 0 Å². The van der Waals surface area contributed by atoms with Crippen molar-refractivity contribution < 1.29 is 9.53 Å². The van der Waals surface area contributed by atoms with Crippen molar-refractivity contribution in [3.63, 3.8) is 0 Å². The molecule has 0 bridgehead atoms. The van der Waals surface area contributed by atoms with E-state index in [1.54, 1.807) is 4.90 Å². The Labute approximate surface area is 145 Å². The minimum absolute atomic E-state index is 0.0575. The number of carbonyl (C=O) groups is 1. The first kappa shape index (κ1) is 17.3. The molecule has 0 unspecified atom stereocenters. The van der Waals surface area contributed by atoms with Crippen molar-refractivity contribution in [3.05, 3.63) is 45.9 Å². The minimum atomic E-state index is -0.159. The largest absolute Gasteiger partial charge is 0.375 e. The van der Waals surface area contributed by atoms with Crippen LogP contribution in [-0.2, 0) is 17.7 Å². The second-order valence-corrected chi connectivity index (χ2v) is 6.17. The third-order valence-electron chi connectivity index (χ3n) is 4.38. The Morgan fingerprint density at radius 1 is 1.44 bits per heavy atom. The molecule has 0 spiro atoms. The molecule has 0 radical (unpaired) electrons. The quantitative estimate of drug-likeness (QED) is 0.864. The number of hydrogen-bond donors (Lipinski definition) is 1. The number of rotatable bonds is 5. The van der Waals surface area contributed by atoms with Gasteiger partial charge in [-0.25, -0.2) is 4.98 Å². The Hall–Kier alpha value is -2.48. The molecule has 8 heteroatoms. The van der Waals surface area contributed by atoms with Crippen LogP contribution in [-0.4, -0.2) is 56.4 Å².